The van der Waals surface area contributed by atoms with Gasteiger partial charge in [0.05, 0.1) is 32.5 Å². The average molecular weight is 867 g/mol. The fourth-order valence-corrected chi connectivity index (χ4v) is 4.41. The third-order valence-corrected chi connectivity index (χ3v) is 8.49. The molecule has 3 aromatic rings. The number of esters is 2. The number of methoxy groups -OCH3 is 3. The predicted octanol–water partition coefficient (Wildman–Crippen LogP) is 5.53. The summed E-state index contributed by atoms with van der Waals surface area (Å²) in [5.74, 6) is -4.09. The average Bonchev–Trinajstić information content (AvgIpc) is 3.06. The number of carbonyl (C=O) groups is 3. The summed E-state index contributed by atoms with van der Waals surface area (Å²) in [4.78, 5) is 33.2. The maximum Gasteiger partial charge on any atom is 0.534 e. The lowest BCUT2D eigenvalue weighted by molar-refractivity contribution is -0.0505. The molecule has 0 radical (unpaired) electrons. The monoisotopic (exact) mass is 866 g/mol. The fraction of sp³-hybridized carbons (Fsp3) is 0.250. The lowest BCUT2D eigenvalue weighted by atomic mass is 10.1. The Morgan fingerprint density at radius 2 is 0.891 bits per heavy atom. The van der Waals surface area contributed by atoms with E-state index in [1.54, 1.807) is 0 Å². The molecule has 0 atom stereocenters. The molecule has 0 aliphatic heterocycles. The number of Topliss-reactive ketones (excluding diaryl/α,β-unsaturated/α-hetero) is 1. The molecule has 0 unspecified atom stereocenters. The number of ketones is 1. The van der Waals surface area contributed by atoms with Gasteiger partial charge in [-0.25, -0.2) is 9.59 Å². The molecule has 0 saturated heterocycles. The second-order valence-electron chi connectivity index (χ2n) is 9.41. The number of ether oxygens (including phenoxy) is 3. The summed E-state index contributed by atoms with van der Waals surface area (Å²) in [6.45, 7) is 1.27. The zero-order chi connectivity index (χ0) is 42.8. The third-order valence-electron chi connectivity index (χ3n) is 5.56. The van der Waals surface area contributed by atoms with E-state index in [2.05, 4.69) is 26.8 Å². The van der Waals surface area contributed by atoms with Gasteiger partial charge in [0, 0.05) is 5.56 Å². The van der Waals surface area contributed by atoms with Crippen molar-refractivity contribution in [3.05, 3.63) is 83.4 Å². The van der Waals surface area contributed by atoms with Gasteiger partial charge in [0.1, 0.15) is 11.5 Å². The van der Waals surface area contributed by atoms with Crippen LogP contribution in [0.5, 0.6) is 23.0 Å². The SMILES string of the molecule is CC(=O)c1ccc(OS(=O)(=O)C(F)(F)F)cc1.COC(=O)c1ccc(OS(=O)(=O)C(F)(F)F)c(OC)c1.COC(=O)c1cccc(OS(=O)(=O)C(F)(F)F)c1. The number of halogens is 9. The molecule has 0 amide bonds. The summed E-state index contributed by atoms with van der Waals surface area (Å²) in [5, 5.41) is 0. The Morgan fingerprint density at radius 1 is 0.491 bits per heavy atom. The standard InChI is InChI=1S/C10H9F3O6S.C9H7F3O5S.C9H7F3O4S/c1-17-8-5-6(9(14)18-2)3-4-7(8)19-20(15,16)10(11,12)13;1-16-8(13)6-3-2-4-7(5-6)17-18(14,15)9(10,11)12;1-6(13)7-2-4-8(5-3-7)16-17(14,15)9(10,11)12/h3-5H,1-2H3;2-5H,1H3;2-5H,1H3. The van der Waals surface area contributed by atoms with Crippen LogP contribution in [0.25, 0.3) is 0 Å². The van der Waals surface area contributed by atoms with Crippen LogP contribution in [0.2, 0.25) is 0 Å². The minimum absolute atomic E-state index is 0.0406. The molecular formula is C28H23F9O15S3. The Morgan fingerprint density at radius 3 is 1.29 bits per heavy atom. The van der Waals surface area contributed by atoms with Gasteiger partial charge >= 0.3 is 58.8 Å². The first-order valence-electron chi connectivity index (χ1n) is 13.5. The Balaban J connectivity index is 0.000000414. The Bertz CT molecular complexity index is 2170. The van der Waals surface area contributed by atoms with Gasteiger partial charge in [0.2, 0.25) is 0 Å². The molecule has 0 saturated carbocycles. The fourth-order valence-electron chi connectivity index (χ4n) is 3.03. The lowest BCUT2D eigenvalue weighted by Crippen LogP contribution is -2.28. The zero-order valence-corrected chi connectivity index (χ0v) is 30.1. The van der Waals surface area contributed by atoms with Crippen molar-refractivity contribution in [1.82, 2.24) is 0 Å². The van der Waals surface area contributed by atoms with Crippen molar-refractivity contribution in [2.75, 3.05) is 21.3 Å². The summed E-state index contributed by atoms with van der Waals surface area (Å²) in [6, 6.07) is 11.4. The summed E-state index contributed by atoms with van der Waals surface area (Å²) >= 11 is 0. The van der Waals surface area contributed by atoms with Crippen molar-refractivity contribution >= 4 is 48.1 Å². The number of hydrogen-bond donors (Lipinski definition) is 0. The van der Waals surface area contributed by atoms with Crippen LogP contribution in [0.1, 0.15) is 38.0 Å². The van der Waals surface area contributed by atoms with Crippen LogP contribution in [-0.4, -0.2) is 80.8 Å². The van der Waals surface area contributed by atoms with Crippen molar-refractivity contribution in [1.29, 1.82) is 0 Å². The quantitative estimate of drug-likeness (QED) is 0.0807. The maximum absolute atomic E-state index is 12.2. The van der Waals surface area contributed by atoms with Crippen LogP contribution in [0, 0.1) is 0 Å². The number of carbonyl (C=O) groups excluding carboxylic acids is 3. The summed E-state index contributed by atoms with van der Waals surface area (Å²) in [7, 11) is -14.0. The van der Waals surface area contributed by atoms with Crippen LogP contribution >= 0.6 is 0 Å². The van der Waals surface area contributed by atoms with E-state index in [1.165, 1.54) is 25.1 Å². The molecule has 27 heteroatoms. The van der Waals surface area contributed by atoms with Crippen LogP contribution in [0.15, 0.2) is 66.7 Å². The molecule has 306 valence electrons. The highest BCUT2D eigenvalue weighted by Gasteiger charge is 2.50. The van der Waals surface area contributed by atoms with Gasteiger partial charge in [-0.3, -0.25) is 4.79 Å². The molecule has 0 heterocycles. The molecule has 3 aromatic carbocycles. The Labute approximate surface area is 304 Å². The first kappa shape index (κ1) is 47.7. The van der Waals surface area contributed by atoms with Crippen molar-refractivity contribution in [3.8, 4) is 23.0 Å². The Kier molecular flexibility index (Phi) is 15.9. The van der Waals surface area contributed by atoms with E-state index in [4.69, 9.17) is 0 Å². The van der Waals surface area contributed by atoms with Crippen LogP contribution in [0.3, 0.4) is 0 Å². The largest absolute Gasteiger partial charge is 0.534 e. The number of benzene rings is 3. The summed E-state index contributed by atoms with van der Waals surface area (Å²) in [5.41, 5.74) is -16.5. The van der Waals surface area contributed by atoms with Gasteiger partial charge in [-0.2, -0.15) is 64.8 Å². The third kappa shape index (κ3) is 13.8. The molecule has 0 fully saturated rings. The second kappa shape index (κ2) is 18.3. The van der Waals surface area contributed by atoms with Crippen molar-refractivity contribution < 1.29 is 106 Å². The second-order valence-corrected chi connectivity index (χ2v) is 14.0. The summed E-state index contributed by atoms with van der Waals surface area (Å²) < 4.78 is 198. The molecule has 15 nitrogen and oxygen atoms in total. The molecule has 0 aromatic heterocycles. The van der Waals surface area contributed by atoms with Crippen LogP contribution < -0.4 is 17.3 Å². The highest BCUT2D eigenvalue weighted by Crippen LogP contribution is 2.34. The van der Waals surface area contributed by atoms with Gasteiger partial charge in [-0.05, 0) is 67.6 Å². The van der Waals surface area contributed by atoms with E-state index in [0.29, 0.717) is 0 Å². The van der Waals surface area contributed by atoms with Gasteiger partial charge < -0.3 is 26.8 Å². The van der Waals surface area contributed by atoms with Gasteiger partial charge in [-0.1, -0.05) is 6.07 Å². The molecule has 0 bridgehead atoms. The first-order chi connectivity index (χ1) is 24.9. The van der Waals surface area contributed by atoms with Crippen molar-refractivity contribution in [3.63, 3.8) is 0 Å². The molecule has 0 aliphatic rings. The molecule has 0 aliphatic carbocycles. The Hall–Kier alpha value is -5.31. The minimum atomic E-state index is -5.82. The summed E-state index contributed by atoms with van der Waals surface area (Å²) in [6.07, 6.45) is 0. The van der Waals surface area contributed by atoms with E-state index in [1.807, 2.05) is 0 Å². The van der Waals surface area contributed by atoms with E-state index in [-0.39, 0.29) is 28.2 Å². The number of hydrogen-bond acceptors (Lipinski definition) is 15. The van der Waals surface area contributed by atoms with Crippen molar-refractivity contribution in [2.24, 2.45) is 0 Å². The predicted molar refractivity (Wildman–Crippen MR) is 165 cm³/mol. The number of rotatable bonds is 10. The normalized spacial score (nSPS) is 12.0. The lowest BCUT2D eigenvalue weighted by Gasteiger charge is -2.12. The molecule has 0 spiro atoms. The van der Waals surface area contributed by atoms with E-state index < -0.39 is 76.1 Å². The van der Waals surface area contributed by atoms with Crippen molar-refractivity contribution in [2.45, 2.75) is 23.4 Å². The highest BCUT2D eigenvalue weighted by atomic mass is 32.2. The molecule has 55 heavy (non-hydrogen) atoms. The highest BCUT2D eigenvalue weighted by molar-refractivity contribution is 7.88. The van der Waals surface area contributed by atoms with Gasteiger partial charge in [0.15, 0.2) is 17.3 Å². The molecule has 0 N–H and O–H groups in total. The topological polar surface area (TPSA) is 209 Å². The van der Waals surface area contributed by atoms with Crippen LogP contribution in [-0.2, 0) is 39.8 Å². The van der Waals surface area contributed by atoms with E-state index in [9.17, 15) is 79.2 Å². The zero-order valence-electron chi connectivity index (χ0n) is 27.6. The van der Waals surface area contributed by atoms with Gasteiger partial charge in [0.25, 0.3) is 0 Å². The first-order valence-corrected chi connectivity index (χ1v) is 17.7. The molecular weight excluding hydrogens is 843 g/mol. The smallest absolute Gasteiger partial charge is 0.493 e. The van der Waals surface area contributed by atoms with E-state index in [0.717, 1.165) is 69.9 Å². The van der Waals surface area contributed by atoms with Gasteiger partial charge in [-0.15, -0.1) is 0 Å². The minimum Gasteiger partial charge on any atom is -0.493 e. The number of alkyl halides is 9. The van der Waals surface area contributed by atoms with Crippen LogP contribution in [0.4, 0.5) is 39.5 Å². The van der Waals surface area contributed by atoms with E-state index >= 15 is 0 Å². The maximum atomic E-state index is 12.2. The molecule has 3 rings (SSSR count).